The third-order valence-electron chi connectivity index (χ3n) is 4.34. The molecule has 2 heterocycles. The van der Waals surface area contributed by atoms with E-state index in [1.807, 2.05) is 0 Å². The molecule has 94 valence electrons. The second kappa shape index (κ2) is 6.61. The molecule has 0 bridgehead atoms. The summed E-state index contributed by atoms with van der Waals surface area (Å²) in [5.41, 5.74) is 0. The number of unbranched alkanes of at least 4 members (excludes halogenated alkanes) is 1. The molecule has 0 saturated carbocycles. The van der Waals surface area contributed by atoms with Crippen LogP contribution < -0.4 is 5.32 Å². The van der Waals surface area contributed by atoms with Crippen molar-refractivity contribution in [3.8, 4) is 0 Å². The summed E-state index contributed by atoms with van der Waals surface area (Å²) in [5, 5.41) is 3.66. The number of rotatable bonds is 5. The molecule has 0 radical (unpaired) electrons. The van der Waals surface area contributed by atoms with Crippen LogP contribution >= 0.6 is 0 Å². The number of fused-ring (bicyclic) bond motifs is 1. The van der Waals surface area contributed by atoms with E-state index in [1.54, 1.807) is 0 Å². The lowest BCUT2D eigenvalue weighted by Crippen LogP contribution is -2.50. The molecule has 2 atom stereocenters. The number of piperidine rings is 2. The molecule has 0 aromatic rings. The Bertz CT molecular complexity index is 191. The topological polar surface area (TPSA) is 15.3 Å². The van der Waals surface area contributed by atoms with Crippen molar-refractivity contribution in [3.63, 3.8) is 0 Å². The van der Waals surface area contributed by atoms with Gasteiger partial charge < -0.3 is 10.2 Å². The Morgan fingerprint density at radius 3 is 2.88 bits per heavy atom. The SMILES string of the molecule is CCCCNC[C@@H]1CCCN2CCCC[C@@H]12. The fourth-order valence-corrected chi connectivity index (χ4v) is 3.40. The molecule has 16 heavy (non-hydrogen) atoms. The summed E-state index contributed by atoms with van der Waals surface area (Å²) in [6, 6.07) is 0.914. The minimum Gasteiger partial charge on any atom is -0.316 e. The van der Waals surface area contributed by atoms with Gasteiger partial charge in [-0.15, -0.1) is 0 Å². The highest BCUT2D eigenvalue weighted by Crippen LogP contribution is 2.30. The summed E-state index contributed by atoms with van der Waals surface area (Å²) < 4.78 is 0. The van der Waals surface area contributed by atoms with Crippen LogP contribution in [-0.4, -0.2) is 37.1 Å². The smallest absolute Gasteiger partial charge is 0.0136 e. The molecule has 2 fully saturated rings. The van der Waals surface area contributed by atoms with Crippen molar-refractivity contribution in [2.45, 2.75) is 57.9 Å². The first-order valence-electron chi connectivity index (χ1n) is 7.36. The highest BCUT2D eigenvalue weighted by atomic mass is 15.2. The third-order valence-corrected chi connectivity index (χ3v) is 4.34. The van der Waals surface area contributed by atoms with Crippen LogP contribution in [0.4, 0.5) is 0 Å². The van der Waals surface area contributed by atoms with Crippen molar-refractivity contribution >= 4 is 0 Å². The largest absolute Gasteiger partial charge is 0.316 e. The van der Waals surface area contributed by atoms with Crippen LogP contribution in [0.5, 0.6) is 0 Å². The molecule has 2 aliphatic rings. The predicted molar refractivity (Wildman–Crippen MR) is 69.7 cm³/mol. The van der Waals surface area contributed by atoms with E-state index in [2.05, 4.69) is 17.1 Å². The van der Waals surface area contributed by atoms with Gasteiger partial charge in [-0.2, -0.15) is 0 Å². The molecule has 0 aliphatic carbocycles. The number of hydrogen-bond donors (Lipinski definition) is 1. The van der Waals surface area contributed by atoms with E-state index in [1.165, 1.54) is 71.1 Å². The van der Waals surface area contributed by atoms with Crippen LogP contribution in [-0.2, 0) is 0 Å². The van der Waals surface area contributed by atoms with Crippen LogP contribution in [0.25, 0.3) is 0 Å². The Balaban J connectivity index is 1.74. The van der Waals surface area contributed by atoms with E-state index in [-0.39, 0.29) is 0 Å². The quantitative estimate of drug-likeness (QED) is 0.722. The van der Waals surface area contributed by atoms with E-state index in [0.717, 1.165) is 12.0 Å². The zero-order valence-corrected chi connectivity index (χ0v) is 10.9. The van der Waals surface area contributed by atoms with Crippen molar-refractivity contribution in [3.05, 3.63) is 0 Å². The molecular formula is C14H28N2. The van der Waals surface area contributed by atoms with Gasteiger partial charge in [0, 0.05) is 6.04 Å². The summed E-state index contributed by atoms with van der Waals surface area (Å²) in [4.78, 5) is 2.76. The Hall–Kier alpha value is -0.0800. The monoisotopic (exact) mass is 224 g/mol. The van der Waals surface area contributed by atoms with Gasteiger partial charge in [-0.05, 0) is 64.2 Å². The molecule has 0 aromatic heterocycles. The van der Waals surface area contributed by atoms with Crippen LogP contribution in [0.1, 0.15) is 51.9 Å². The van der Waals surface area contributed by atoms with Crippen molar-refractivity contribution in [1.29, 1.82) is 0 Å². The van der Waals surface area contributed by atoms with Gasteiger partial charge in [0.15, 0.2) is 0 Å². The molecule has 0 amide bonds. The third kappa shape index (κ3) is 3.21. The molecule has 2 aliphatic heterocycles. The highest BCUT2D eigenvalue weighted by molar-refractivity contribution is 4.87. The molecule has 1 N–H and O–H groups in total. The highest BCUT2D eigenvalue weighted by Gasteiger charge is 2.32. The van der Waals surface area contributed by atoms with E-state index < -0.39 is 0 Å². The molecule has 2 nitrogen and oxygen atoms in total. The first-order valence-corrected chi connectivity index (χ1v) is 7.36. The van der Waals surface area contributed by atoms with E-state index in [4.69, 9.17) is 0 Å². The molecule has 0 aromatic carbocycles. The van der Waals surface area contributed by atoms with Crippen molar-refractivity contribution in [1.82, 2.24) is 10.2 Å². The predicted octanol–water partition coefficient (Wildman–Crippen LogP) is 2.64. The first-order chi connectivity index (χ1) is 7.92. The van der Waals surface area contributed by atoms with Crippen LogP contribution in [0, 0.1) is 5.92 Å². The Morgan fingerprint density at radius 1 is 1.12 bits per heavy atom. The van der Waals surface area contributed by atoms with Gasteiger partial charge >= 0.3 is 0 Å². The molecule has 0 unspecified atom stereocenters. The van der Waals surface area contributed by atoms with E-state index in [9.17, 15) is 0 Å². The second-order valence-electron chi connectivity index (χ2n) is 5.56. The minimum atomic E-state index is 0.914. The zero-order chi connectivity index (χ0) is 11.2. The van der Waals surface area contributed by atoms with E-state index >= 15 is 0 Å². The Morgan fingerprint density at radius 2 is 2.00 bits per heavy atom. The molecule has 2 heteroatoms. The van der Waals surface area contributed by atoms with Gasteiger partial charge in [-0.3, -0.25) is 0 Å². The Kier molecular flexibility index (Phi) is 5.11. The van der Waals surface area contributed by atoms with Gasteiger partial charge in [-0.1, -0.05) is 19.8 Å². The lowest BCUT2D eigenvalue weighted by Gasteiger charge is -2.44. The summed E-state index contributed by atoms with van der Waals surface area (Å²) in [6.45, 7) is 7.50. The van der Waals surface area contributed by atoms with Gasteiger partial charge in [0.05, 0.1) is 0 Å². The average molecular weight is 224 g/mol. The summed E-state index contributed by atoms with van der Waals surface area (Å²) >= 11 is 0. The molecular weight excluding hydrogens is 196 g/mol. The minimum absolute atomic E-state index is 0.914. The fraction of sp³-hybridized carbons (Fsp3) is 1.00. The second-order valence-corrected chi connectivity index (χ2v) is 5.56. The summed E-state index contributed by atoms with van der Waals surface area (Å²) in [6.07, 6.45) is 9.89. The number of nitrogens with one attached hydrogen (secondary N) is 1. The van der Waals surface area contributed by atoms with Crippen LogP contribution in [0.15, 0.2) is 0 Å². The summed E-state index contributed by atoms with van der Waals surface area (Å²) in [7, 11) is 0. The summed E-state index contributed by atoms with van der Waals surface area (Å²) in [5.74, 6) is 0.936. The maximum absolute atomic E-state index is 3.66. The maximum atomic E-state index is 3.66. The standard InChI is InChI=1S/C14H28N2/c1-2-3-9-15-12-13-7-6-11-16-10-5-4-8-14(13)16/h13-15H,2-12H2,1H3/t13-,14-/m0/s1. The number of hydrogen-bond acceptors (Lipinski definition) is 2. The average Bonchev–Trinajstić information content (AvgIpc) is 2.35. The lowest BCUT2D eigenvalue weighted by molar-refractivity contribution is 0.0595. The zero-order valence-electron chi connectivity index (χ0n) is 10.9. The molecule has 2 rings (SSSR count). The van der Waals surface area contributed by atoms with Crippen molar-refractivity contribution < 1.29 is 0 Å². The molecule has 2 saturated heterocycles. The Labute approximate surface area is 101 Å². The van der Waals surface area contributed by atoms with E-state index in [0.29, 0.717) is 0 Å². The maximum Gasteiger partial charge on any atom is 0.0136 e. The normalized spacial score (nSPS) is 31.3. The van der Waals surface area contributed by atoms with Gasteiger partial charge in [0.1, 0.15) is 0 Å². The molecule has 0 spiro atoms. The van der Waals surface area contributed by atoms with Crippen molar-refractivity contribution in [2.24, 2.45) is 5.92 Å². The van der Waals surface area contributed by atoms with Crippen LogP contribution in [0.2, 0.25) is 0 Å². The fourth-order valence-electron chi connectivity index (χ4n) is 3.40. The van der Waals surface area contributed by atoms with Crippen molar-refractivity contribution in [2.75, 3.05) is 26.2 Å². The van der Waals surface area contributed by atoms with Gasteiger partial charge in [0.2, 0.25) is 0 Å². The first kappa shape index (κ1) is 12.4. The van der Waals surface area contributed by atoms with Gasteiger partial charge in [0.25, 0.3) is 0 Å². The van der Waals surface area contributed by atoms with Gasteiger partial charge in [-0.25, -0.2) is 0 Å². The lowest BCUT2D eigenvalue weighted by atomic mass is 9.83. The van der Waals surface area contributed by atoms with Crippen LogP contribution in [0.3, 0.4) is 0 Å². The number of nitrogens with zero attached hydrogens (tertiary/aromatic N) is 1.